The number of fused-ring (bicyclic) bond motifs is 1. The number of aliphatic carboxylic acids is 1. The van der Waals surface area contributed by atoms with Crippen LogP contribution >= 0.6 is 0 Å². The highest BCUT2D eigenvalue weighted by Gasteiger charge is 2.17. The minimum Gasteiger partial charge on any atom is -0.478 e. The van der Waals surface area contributed by atoms with Crippen molar-refractivity contribution in [2.75, 3.05) is 0 Å². The summed E-state index contributed by atoms with van der Waals surface area (Å²) in [5, 5.41) is 11.8. The minimum atomic E-state index is -0.970. The van der Waals surface area contributed by atoms with Gasteiger partial charge in [0.15, 0.2) is 0 Å². The fourth-order valence-electron chi connectivity index (χ4n) is 3.73. The Morgan fingerprint density at radius 2 is 1.59 bits per heavy atom. The molecular weight excluding hydrogens is 356 g/mol. The molecule has 29 heavy (non-hydrogen) atoms. The number of carboxylic acids is 1. The van der Waals surface area contributed by atoms with Gasteiger partial charge in [-0.05, 0) is 53.4 Å². The van der Waals surface area contributed by atoms with Gasteiger partial charge in [0.1, 0.15) is 0 Å². The molecule has 2 nitrogen and oxygen atoms in total. The van der Waals surface area contributed by atoms with Gasteiger partial charge in [-0.3, -0.25) is 0 Å². The summed E-state index contributed by atoms with van der Waals surface area (Å²) in [5.41, 5.74) is 1.52. The summed E-state index contributed by atoms with van der Waals surface area (Å²) in [7, 11) is 0. The van der Waals surface area contributed by atoms with E-state index in [1.807, 2.05) is 12.2 Å². The van der Waals surface area contributed by atoms with Gasteiger partial charge in [0.25, 0.3) is 0 Å². The maximum absolute atomic E-state index is 11.3. The third-order valence-corrected chi connectivity index (χ3v) is 5.37. The van der Waals surface area contributed by atoms with E-state index in [0.29, 0.717) is 5.92 Å². The van der Waals surface area contributed by atoms with Crippen LogP contribution in [0.4, 0.5) is 0 Å². The summed E-state index contributed by atoms with van der Waals surface area (Å²) in [4.78, 5) is 11.3. The van der Waals surface area contributed by atoms with Crippen molar-refractivity contribution in [3.8, 4) is 0 Å². The summed E-state index contributed by atoms with van der Waals surface area (Å²) in [5.74, 6) is -0.490. The van der Waals surface area contributed by atoms with Crippen LogP contribution < -0.4 is 0 Å². The Balaban J connectivity index is 2.14. The van der Waals surface area contributed by atoms with Crippen molar-refractivity contribution in [1.82, 2.24) is 0 Å². The van der Waals surface area contributed by atoms with Crippen LogP contribution in [0.3, 0.4) is 0 Å². The molecule has 0 aliphatic carbocycles. The van der Waals surface area contributed by atoms with Crippen molar-refractivity contribution in [1.29, 1.82) is 0 Å². The Bertz CT molecular complexity index is 914. The fraction of sp³-hybridized carbons (Fsp3) is 0.222. The van der Waals surface area contributed by atoms with Crippen LogP contribution in [0.25, 0.3) is 10.8 Å². The van der Waals surface area contributed by atoms with Crippen molar-refractivity contribution in [2.24, 2.45) is 17.8 Å². The summed E-state index contributed by atoms with van der Waals surface area (Å²) >= 11 is 0. The van der Waals surface area contributed by atoms with E-state index >= 15 is 0 Å². The smallest absolute Gasteiger partial charge is 0.335 e. The molecule has 1 N–H and O–H groups in total. The van der Waals surface area contributed by atoms with Crippen molar-refractivity contribution in [2.45, 2.75) is 19.3 Å². The second-order valence-corrected chi connectivity index (χ2v) is 7.34. The average molecular weight is 387 g/mol. The van der Waals surface area contributed by atoms with E-state index in [-0.39, 0.29) is 17.4 Å². The second-order valence-electron chi connectivity index (χ2n) is 7.34. The van der Waals surface area contributed by atoms with E-state index in [0.717, 1.165) is 19.3 Å². The first kappa shape index (κ1) is 22.2. The van der Waals surface area contributed by atoms with Crippen LogP contribution in [0, 0.1) is 17.8 Å². The largest absolute Gasteiger partial charge is 0.478 e. The lowest BCUT2D eigenvalue weighted by Crippen LogP contribution is -2.12. The molecule has 2 rings (SSSR count). The second kappa shape index (κ2) is 11.0. The third-order valence-electron chi connectivity index (χ3n) is 5.37. The fourth-order valence-corrected chi connectivity index (χ4v) is 3.73. The van der Waals surface area contributed by atoms with Crippen LogP contribution in [0.15, 0.2) is 105 Å². The molecule has 0 heterocycles. The Morgan fingerprint density at radius 1 is 0.897 bits per heavy atom. The molecule has 3 atom stereocenters. The molecule has 0 aliphatic heterocycles. The number of hydrogen-bond donors (Lipinski definition) is 1. The minimum absolute atomic E-state index is 0.0508. The van der Waals surface area contributed by atoms with Gasteiger partial charge >= 0.3 is 5.97 Å². The molecule has 0 fully saturated rings. The first-order chi connectivity index (χ1) is 14.0. The molecule has 0 aliphatic rings. The van der Waals surface area contributed by atoms with Crippen LogP contribution in [0.5, 0.6) is 0 Å². The summed E-state index contributed by atoms with van der Waals surface area (Å²) < 4.78 is 0. The van der Waals surface area contributed by atoms with E-state index in [2.05, 4.69) is 68.8 Å². The highest BCUT2D eigenvalue weighted by molar-refractivity contribution is 5.89. The lowest BCUT2D eigenvalue weighted by Gasteiger charge is -2.22. The first-order valence-corrected chi connectivity index (χ1v) is 9.94. The zero-order valence-electron chi connectivity index (χ0n) is 17.0. The van der Waals surface area contributed by atoms with Crippen LogP contribution in [-0.2, 0) is 11.2 Å². The molecule has 3 unspecified atom stereocenters. The first-order valence-electron chi connectivity index (χ1n) is 9.94. The Kier molecular flexibility index (Phi) is 8.42. The topological polar surface area (TPSA) is 37.3 Å². The number of carboxylic acid groups (broad SMARTS) is 1. The maximum Gasteiger partial charge on any atom is 0.335 e. The van der Waals surface area contributed by atoms with Gasteiger partial charge in [-0.2, -0.15) is 0 Å². The molecule has 2 heteroatoms. The van der Waals surface area contributed by atoms with E-state index < -0.39 is 5.97 Å². The Hall–Kier alpha value is -3.13. The number of rotatable bonds is 12. The van der Waals surface area contributed by atoms with Gasteiger partial charge in [-0.25, -0.2) is 4.79 Å². The Labute approximate surface area is 174 Å². The molecule has 0 radical (unpaired) electrons. The van der Waals surface area contributed by atoms with Gasteiger partial charge in [-0.15, -0.1) is 19.7 Å². The lowest BCUT2D eigenvalue weighted by atomic mass is 9.83. The summed E-state index contributed by atoms with van der Waals surface area (Å²) in [6.45, 7) is 15.5. The average Bonchev–Trinajstić information content (AvgIpc) is 2.74. The van der Waals surface area contributed by atoms with Crippen molar-refractivity contribution in [3.05, 3.63) is 110 Å². The third kappa shape index (κ3) is 6.18. The molecule has 2 aromatic carbocycles. The molecule has 150 valence electrons. The normalized spacial score (nSPS) is 14.6. The van der Waals surface area contributed by atoms with E-state index in [1.165, 1.54) is 22.4 Å². The summed E-state index contributed by atoms with van der Waals surface area (Å²) in [6.07, 6.45) is 11.4. The zero-order chi connectivity index (χ0) is 21.2. The lowest BCUT2D eigenvalue weighted by molar-refractivity contribution is -0.132. The van der Waals surface area contributed by atoms with Crippen LogP contribution in [0.1, 0.15) is 18.4 Å². The van der Waals surface area contributed by atoms with Gasteiger partial charge < -0.3 is 5.11 Å². The molecular formula is C27H30O2. The van der Waals surface area contributed by atoms with Crippen molar-refractivity contribution >= 4 is 16.7 Å². The van der Waals surface area contributed by atoms with Crippen LogP contribution in [-0.4, -0.2) is 11.1 Å². The molecule has 0 saturated carbocycles. The Morgan fingerprint density at radius 3 is 2.21 bits per heavy atom. The van der Waals surface area contributed by atoms with Gasteiger partial charge in [0.2, 0.25) is 0 Å². The summed E-state index contributed by atoms with van der Waals surface area (Å²) in [6, 6.07) is 14.8. The molecule has 0 aromatic heterocycles. The molecule has 0 bridgehead atoms. The highest BCUT2D eigenvalue weighted by atomic mass is 16.4. The SMILES string of the molecule is C=CC(=CC(C=C)CC(C=C)CC(C=C)Cc1cccc2ccccc12)C(=O)O. The predicted octanol–water partition coefficient (Wildman–Crippen LogP) is 6.77. The van der Waals surface area contributed by atoms with E-state index in [4.69, 9.17) is 0 Å². The van der Waals surface area contributed by atoms with Gasteiger partial charge in [0.05, 0.1) is 5.57 Å². The van der Waals surface area contributed by atoms with Crippen molar-refractivity contribution in [3.63, 3.8) is 0 Å². The predicted molar refractivity (Wildman–Crippen MR) is 124 cm³/mol. The van der Waals surface area contributed by atoms with Crippen molar-refractivity contribution < 1.29 is 9.90 Å². The number of hydrogen-bond acceptors (Lipinski definition) is 1. The van der Waals surface area contributed by atoms with E-state index in [9.17, 15) is 9.90 Å². The monoisotopic (exact) mass is 386 g/mol. The molecule has 2 aromatic rings. The number of carbonyl (C=O) groups is 1. The quantitative estimate of drug-likeness (QED) is 0.248. The number of allylic oxidation sites excluding steroid dienone is 4. The molecule has 0 spiro atoms. The van der Waals surface area contributed by atoms with E-state index in [1.54, 1.807) is 12.2 Å². The standard InChI is InChI=1S/C27H30O2/c1-5-20(16-21(6-2)18-23(8-4)27(28)29)17-22(7-3)19-25-14-11-13-24-12-9-10-15-26(24)25/h5-15,18,20-22H,1-4,16-17,19H2,(H,28,29). The molecule has 0 saturated heterocycles. The highest BCUT2D eigenvalue weighted by Crippen LogP contribution is 2.28. The zero-order valence-corrected chi connectivity index (χ0v) is 17.0. The number of benzene rings is 2. The van der Waals surface area contributed by atoms with Gasteiger partial charge in [-0.1, -0.05) is 79.4 Å². The molecule has 0 amide bonds. The van der Waals surface area contributed by atoms with Gasteiger partial charge in [0, 0.05) is 0 Å². The van der Waals surface area contributed by atoms with Crippen LogP contribution in [0.2, 0.25) is 0 Å². The maximum atomic E-state index is 11.3.